The molecule has 0 unspecified atom stereocenters. The minimum absolute atomic E-state index is 0.163. The summed E-state index contributed by atoms with van der Waals surface area (Å²) in [4.78, 5) is 0. The van der Waals surface area contributed by atoms with Gasteiger partial charge in [-0.05, 0) is 31.8 Å². The fourth-order valence-electron chi connectivity index (χ4n) is 2.66. The molecule has 0 saturated heterocycles. The second-order valence-corrected chi connectivity index (χ2v) is 4.57. The first kappa shape index (κ1) is 10.7. The van der Waals surface area contributed by atoms with Crippen molar-refractivity contribution in [2.75, 3.05) is 6.61 Å². The number of rotatable bonds is 2. The van der Waals surface area contributed by atoms with Crippen molar-refractivity contribution in [1.29, 1.82) is 0 Å². The number of hydrogen-bond acceptors (Lipinski definition) is 2. The van der Waals surface area contributed by atoms with Gasteiger partial charge in [0.2, 0.25) is 0 Å². The van der Waals surface area contributed by atoms with Gasteiger partial charge in [-0.2, -0.15) is 0 Å². The van der Waals surface area contributed by atoms with E-state index in [1.807, 2.05) is 6.08 Å². The van der Waals surface area contributed by atoms with Crippen molar-refractivity contribution in [1.82, 2.24) is 0 Å². The van der Waals surface area contributed by atoms with Gasteiger partial charge in [0.15, 0.2) is 0 Å². The molecule has 15 heavy (non-hydrogen) atoms. The van der Waals surface area contributed by atoms with Crippen LogP contribution in [0.4, 0.5) is 0 Å². The molecule has 1 aliphatic carbocycles. The van der Waals surface area contributed by atoms with Crippen LogP contribution in [-0.4, -0.2) is 17.3 Å². The fraction of sp³-hybridized carbons (Fsp3) is 0.692. The number of aliphatic hydroxyl groups is 1. The molecule has 0 radical (unpaired) electrons. The Morgan fingerprint density at radius 3 is 3.00 bits per heavy atom. The van der Waals surface area contributed by atoms with Crippen molar-refractivity contribution in [3.8, 4) is 0 Å². The Bertz CT molecular complexity index is 270. The minimum Gasteiger partial charge on any atom is -0.495 e. The molecule has 1 saturated carbocycles. The Kier molecular flexibility index (Phi) is 3.15. The van der Waals surface area contributed by atoms with Gasteiger partial charge >= 0.3 is 0 Å². The van der Waals surface area contributed by atoms with Crippen molar-refractivity contribution in [2.45, 2.75) is 44.1 Å². The predicted octanol–water partition coefficient (Wildman–Crippen LogP) is 2.79. The van der Waals surface area contributed by atoms with Crippen LogP contribution in [0.2, 0.25) is 0 Å². The molecule has 0 aromatic heterocycles. The van der Waals surface area contributed by atoms with Gasteiger partial charge in [0.25, 0.3) is 0 Å². The summed E-state index contributed by atoms with van der Waals surface area (Å²) in [5, 5.41) is 10.7. The Morgan fingerprint density at radius 1 is 1.47 bits per heavy atom. The van der Waals surface area contributed by atoms with Crippen molar-refractivity contribution in [2.24, 2.45) is 5.92 Å². The van der Waals surface area contributed by atoms with E-state index in [9.17, 15) is 5.11 Å². The van der Waals surface area contributed by atoms with Gasteiger partial charge < -0.3 is 9.84 Å². The minimum atomic E-state index is -0.763. The molecular weight excluding hydrogens is 188 g/mol. The molecule has 84 valence electrons. The van der Waals surface area contributed by atoms with Crippen molar-refractivity contribution < 1.29 is 9.84 Å². The fourth-order valence-corrected chi connectivity index (χ4v) is 2.66. The zero-order valence-corrected chi connectivity index (χ0v) is 9.24. The average molecular weight is 208 g/mol. The quantitative estimate of drug-likeness (QED) is 0.707. The lowest BCUT2D eigenvalue weighted by molar-refractivity contribution is -0.0484. The maximum Gasteiger partial charge on any atom is 0.127 e. The summed E-state index contributed by atoms with van der Waals surface area (Å²) >= 11 is 0. The van der Waals surface area contributed by atoms with Crippen LogP contribution in [0.3, 0.4) is 0 Å². The smallest absolute Gasteiger partial charge is 0.127 e. The first-order chi connectivity index (χ1) is 7.27. The largest absolute Gasteiger partial charge is 0.495 e. The van der Waals surface area contributed by atoms with Gasteiger partial charge in [-0.15, -0.1) is 6.58 Å². The Morgan fingerprint density at radius 2 is 2.33 bits per heavy atom. The second kappa shape index (κ2) is 4.40. The summed E-state index contributed by atoms with van der Waals surface area (Å²) < 4.78 is 5.62. The Labute approximate surface area is 91.6 Å². The molecule has 0 bridgehead atoms. The molecule has 1 fully saturated rings. The van der Waals surface area contributed by atoms with E-state index in [0.717, 1.165) is 44.5 Å². The molecule has 0 spiro atoms. The lowest BCUT2D eigenvalue weighted by Crippen LogP contribution is -2.43. The molecule has 0 aromatic rings. The van der Waals surface area contributed by atoms with Crippen LogP contribution < -0.4 is 0 Å². The van der Waals surface area contributed by atoms with E-state index in [4.69, 9.17) is 4.74 Å². The van der Waals surface area contributed by atoms with Gasteiger partial charge in [-0.3, -0.25) is 0 Å². The van der Waals surface area contributed by atoms with Gasteiger partial charge in [-0.25, -0.2) is 0 Å². The van der Waals surface area contributed by atoms with Crippen LogP contribution in [0.5, 0.6) is 0 Å². The molecule has 0 aromatic carbocycles. The number of allylic oxidation sites excluding steroid dienone is 1. The molecule has 2 aliphatic rings. The third-order valence-electron chi connectivity index (χ3n) is 3.58. The summed E-state index contributed by atoms with van der Waals surface area (Å²) in [6, 6.07) is 0. The van der Waals surface area contributed by atoms with E-state index >= 15 is 0 Å². The zero-order chi connectivity index (χ0) is 10.7. The van der Waals surface area contributed by atoms with Gasteiger partial charge in [-0.1, -0.05) is 18.9 Å². The summed E-state index contributed by atoms with van der Waals surface area (Å²) in [6.45, 7) is 4.58. The predicted molar refractivity (Wildman–Crippen MR) is 60.4 cm³/mol. The van der Waals surface area contributed by atoms with Crippen LogP contribution in [0, 0.1) is 5.92 Å². The summed E-state index contributed by atoms with van der Waals surface area (Å²) in [5.74, 6) is 0.967. The monoisotopic (exact) mass is 208 g/mol. The molecule has 1 N–H and O–H groups in total. The van der Waals surface area contributed by atoms with Crippen molar-refractivity contribution in [3.63, 3.8) is 0 Å². The first-order valence-corrected chi connectivity index (χ1v) is 5.96. The van der Waals surface area contributed by atoms with E-state index in [-0.39, 0.29) is 5.92 Å². The molecule has 2 atom stereocenters. The summed E-state index contributed by atoms with van der Waals surface area (Å²) in [6.07, 6.45) is 10.2. The highest BCUT2D eigenvalue weighted by Gasteiger charge is 2.42. The van der Waals surface area contributed by atoms with Crippen LogP contribution in [-0.2, 0) is 4.74 Å². The second-order valence-electron chi connectivity index (χ2n) is 4.57. The zero-order valence-electron chi connectivity index (χ0n) is 9.24. The SMILES string of the molecule is C=C[C@H]1CCCC[C@]1(O)C1=CCCCO1. The Balaban J connectivity index is 2.20. The highest BCUT2D eigenvalue weighted by molar-refractivity contribution is 5.18. The first-order valence-electron chi connectivity index (χ1n) is 5.96. The van der Waals surface area contributed by atoms with Crippen LogP contribution in [0.25, 0.3) is 0 Å². The number of ether oxygens (including phenoxy) is 1. The molecule has 1 aliphatic heterocycles. The maximum absolute atomic E-state index is 10.7. The van der Waals surface area contributed by atoms with Gasteiger partial charge in [0, 0.05) is 5.92 Å². The highest BCUT2D eigenvalue weighted by atomic mass is 16.5. The van der Waals surface area contributed by atoms with Crippen molar-refractivity contribution in [3.05, 3.63) is 24.5 Å². The van der Waals surface area contributed by atoms with Crippen molar-refractivity contribution >= 4 is 0 Å². The van der Waals surface area contributed by atoms with Crippen LogP contribution in [0.1, 0.15) is 38.5 Å². The third-order valence-corrected chi connectivity index (χ3v) is 3.58. The highest BCUT2D eigenvalue weighted by Crippen LogP contribution is 2.41. The normalized spacial score (nSPS) is 36.6. The third kappa shape index (κ3) is 1.96. The molecule has 2 heteroatoms. The molecule has 2 rings (SSSR count). The summed E-state index contributed by atoms with van der Waals surface area (Å²) in [5.41, 5.74) is -0.763. The van der Waals surface area contributed by atoms with Crippen LogP contribution >= 0.6 is 0 Å². The van der Waals surface area contributed by atoms with Gasteiger partial charge in [0.05, 0.1) is 6.61 Å². The topological polar surface area (TPSA) is 29.5 Å². The molecule has 1 heterocycles. The molecule has 2 nitrogen and oxygen atoms in total. The lowest BCUT2D eigenvalue weighted by atomic mass is 9.73. The van der Waals surface area contributed by atoms with E-state index < -0.39 is 5.60 Å². The molecule has 0 amide bonds. The standard InChI is InChI=1S/C13H20O2/c1-2-11-7-3-5-9-13(11,14)12-8-4-6-10-15-12/h2,8,11,14H,1,3-7,9-10H2/t11-,13+/m0/s1. The van der Waals surface area contributed by atoms with E-state index in [0.29, 0.717) is 0 Å². The lowest BCUT2D eigenvalue weighted by Gasteiger charge is -2.40. The Hall–Kier alpha value is -0.760. The van der Waals surface area contributed by atoms with E-state index in [2.05, 4.69) is 12.7 Å². The number of hydrogen-bond donors (Lipinski definition) is 1. The van der Waals surface area contributed by atoms with E-state index in [1.54, 1.807) is 0 Å². The molecular formula is C13H20O2. The van der Waals surface area contributed by atoms with Gasteiger partial charge in [0.1, 0.15) is 11.4 Å². The van der Waals surface area contributed by atoms with Crippen LogP contribution in [0.15, 0.2) is 24.5 Å². The maximum atomic E-state index is 10.7. The van der Waals surface area contributed by atoms with E-state index in [1.165, 1.54) is 6.42 Å². The average Bonchev–Trinajstić information content (AvgIpc) is 2.31. The summed E-state index contributed by atoms with van der Waals surface area (Å²) in [7, 11) is 0.